The normalized spacial score (nSPS) is 13.8. The maximum atomic E-state index is 11.2. The van der Waals surface area contributed by atoms with Crippen LogP contribution in [0.4, 0.5) is 5.69 Å². The lowest BCUT2D eigenvalue weighted by Gasteiger charge is -2.21. The van der Waals surface area contributed by atoms with Crippen LogP contribution in [0.1, 0.15) is 12.5 Å². The summed E-state index contributed by atoms with van der Waals surface area (Å²) >= 11 is 0. The second-order valence-corrected chi connectivity index (χ2v) is 3.40. The Morgan fingerprint density at radius 3 is 3.06 bits per heavy atom. The van der Waals surface area contributed by atoms with Gasteiger partial charge in [0.1, 0.15) is 0 Å². The van der Waals surface area contributed by atoms with Crippen molar-refractivity contribution < 1.29 is 19.4 Å². The standard InChI is InChI=1S/C11H13NO4/c1-2-15-9-4-7(5-13)3-8-11(9)16-6-10(14)12-8/h3-4,13H,2,5-6H2,1H3,(H,12,14). The summed E-state index contributed by atoms with van der Waals surface area (Å²) in [4.78, 5) is 11.2. The molecule has 16 heavy (non-hydrogen) atoms. The third kappa shape index (κ3) is 1.94. The molecule has 1 heterocycles. The number of fused-ring (bicyclic) bond motifs is 1. The van der Waals surface area contributed by atoms with Crippen molar-refractivity contribution in [1.29, 1.82) is 0 Å². The van der Waals surface area contributed by atoms with Gasteiger partial charge in [-0.05, 0) is 24.6 Å². The summed E-state index contributed by atoms with van der Waals surface area (Å²) in [5, 5.41) is 11.8. The molecule has 0 atom stereocenters. The van der Waals surface area contributed by atoms with Gasteiger partial charge in [-0.15, -0.1) is 0 Å². The molecule has 0 aromatic heterocycles. The highest BCUT2D eigenvalue weighted by Crippen LogP contribution is 2.38. The van der Waals surface area contributed by atoms with Crippen LogP contribution in [0.15, 0.2) is 12.1 Å². The van der Waals surface area contributed by atoms with Crippen molar-refractivity contribution in [3.8, 4) is 11.5 Å². The van der Waals surface area contributed by atoms with Crippen LogP contribution in [0.5, 0.6) is 11.5 Å². The van der Waals surface area contributed by atoms with Gasteiger partial charge in [-0.25, -0.2) is 0 Å². The summed E-state index contributed by atoms with van der Waals surface area (Å²) in [6, 6.07) is 3.38. The number of nitrogens with one attached hydrogen (secondary N) is 1. The van der Waals surface area contributed by atoms with Gasteiger partial charge in [-0.1, -0.05) is 0 Å². The molecule has 0 radical (unpaired) electrons. The average molecular weight is 223 g/mol. The summed E-state index contributed by atoms with van der Waals surface area (Å²) in [5.74, 6) is 0.868. The smallest absolute Gasteiger partial charge is 0.262 e. The third-order valence-corrected chi connectivity index (χ3v) is 2.22. The highest BCUT2D eigenvalue weighted by atomic mass is 16.5. The molecule has 1 aliphatic rings. The second-order valence-electron chi connectivity index (χ2n) is 3.40. The fraction of sp³-hybridized carbons (Fsp3) is 0.364. The quantitative estimate of drug-likeness (QED) is 0.799. The second kappa shape index (κ2) is 4.40. The van der Waals surface area contributed by atoms with Gasteiger partial charge in [-0.2, -0.15) is 0 Å². The zero-order chi connectivity index (χ0) is 11.5. The van der Waals surface area contributed by atoms with Gasteiger partial charge in [0.25, 0.3) is 5.91 Å². The molecule has 0 bridgehead atoms. The van der Waals surface area contributed by atoms with E-state index in [-0.39, 0.29) is 19.1 Å². The monoisotopic (exact) mass is 223 g/mol. The summed E-state index contributed by atoms with van der Waals surface area (Å²) in [5.41, 5.74) is 1.22. The first-order valence-corrected chi connectivity index (χ1v) is 5.07. The molecule has 1 amide bonds. The van der Waals surface area contributed by atoms with Gasteiger partial charge in [0.15, 0.2) is 18.1 Å². The summed E-state index contributed by atoms with van der Waals surface area (Å²) in [6.45, 7) is 2.24. The maximum absolute atomic E-state index is 11.2. The molecule has 0 fully saturated rings. The molecule has 86 valence electrons. The zero-order valence-corrected chi connectivity index (χ0v) is 8.95. The van der Waals surface area contributed by atoms with Crippen LogP contribution in [-0.4, -0.2) is 24.2 Å². The van der Waals surface area contributed by atoms with E-state index in [1.54, 1.807) is 12.1 Å². The summed E-state index contributed by atoms with van der Waals surface area (Å²) in [6.07, 6.45) is 0. The lowest BCUT2D eigenvalue weighted by molar-refractivity contribution is -0.118. The van der Waals surface area contributed by atoms with E-state index in [9.17, 15) is 4.79 Å². The van der Waals surface area contributed by atoms with Crippen LogP contribution in [0.2, 0.25) is 0 Å². The molecule has 5 nitrogen and oxygen atoms in total. The van der Waals surface area contributed by atoms with E-state index in [1.807, 2.05) is 6.92 Å². The van der Waals surface area contributed by atoms with Crippen LogP contribution >= 0.6 is 0 Å². The Hall–Kier alpha value is -1.75. The van der Waals surface area contributed by atoms with E-state index in [1.165, 1.54) is 0 Å². The van der Waals surface area contributed by atoms with Crippen molar-refractivity contribution in [1.82, 2.24) is 0 Å². The molecule has 1 aromatic rings. The first-order valence-electron chi connectivity index (χ1n) is 5.07. The first-order chi connectivity index (χ1) is 7.74. The van der Waals surface area contributed by atoms with Crippen molar-refractivity contribution in [3.05, 3.63) is 17.7 Å². The maximum Gasteiger partial charge on any atom is 0.262 e. The Morgan fingerprint density at radius 1 is 1.56 bits per heavy atom. The molecule has 1 aliphatic heterocycles. The Morgan fingerprint density at radius 2 is 2.38 bits per heavy atom. The van der Waals surface area contributed by atoms with Gasteiger partial charge < -0.3 is 19.9 Å². The number of aliphatic hydroxyl groups excluding tert-OH is 1. The number of benzene rings is 1. The van der Waals surface area contributed by atoms with E-state index in [0.29, 0.717) is 29.4 Å². The minimum atomic E-state index is -0.204. The van der Waals surface area contributed by atoms with Crippen molar-refractivity contribution in [2.75, 3.05) is 18.5 Å². The van der Waals surface area contributed by atoms with Crippen molar-refractivity contribution in [2.24, 2.45) is 0 Å². The number of hydrogen-bond acceptors (Lipinski definition) is 4. The topological polar surface area (TPSA) is 67.8 Å². The van der Waals surface area contributed by atoms with Crippen LogP contribution in [0.25, 0.3) is 0 Å². The molecule has 0 aliphatic carbocycles. The molecular formula is C11H13NO4. The number of carbonyl (C=O) groups excluding carboxylic acids is 1. The largest absolute Gasteiger partial charge is 0.490 e. The number of anilines is 1. The highest BCUT2D eigenvalue weighted by Gasteiger charge is 2.21. The van der Waals surface area contributed by atoms with E-state index in [4.69, 9.17) is 14.6 Å². The Balaban J connectivity index is 2.44. The molecule has 2 rings (SSSR count). The molecule has 0 saturated heterocycles. The Bertz CT molecular complexity index is 417. The van der Waals surface area contributed by atoms with Gasteiger partial charge in [0.05, 0.1) is 18.9 Å². The van der Waals surface area contributed by atoms with Crippen molar-refractivity contribution in [3.63, 3.8) is 0 Å². The molecule has 0 unspecified atom stereocenters. The van der Waals surface area contributed by atoms with Gasteiger partial charge in [-0.3, -0.25) is 4.79 Å². The lowest BCUT2D eigenvalue weighted by Crippen LogP contribution is -2.25. The fourth-order valence-corrected chi connectivity index (χ4v) is 1.58. The minimum absolute atomic E-state index is 0.00839. The van der Waals surface area contributed by atoms with E-state index in [2.05, 4.69) is 5.32 Å². The van der Waals surface area contributed by atoms with Crippen LogP contribution in [-0.2, 0) is 11.4 Å². The number of rotatable bonds is 3. The van der Waals surface area contributed by atoms with E-state index < -0.39 is 0 Å². The Labute approximate surface area is 93.0 Å². The van der Waals surface area contributed by atoms with Crippen LogP contribution in [0, 0.1) is 0 Å². The highest BCUT2D eigenvalue weighted by molar-refractivity contribution is 5.96. The van der Waals surface area contributed by atoms with Gasteiger partial charge in [0, 0.05) is 0 Å². The van der Waals surface area contributed by atoms with Gasteiger partial charge >= 0.3 is 0 Å². The van der Waals surface area contributed by atoms with Crippen LogP contribution in [0.3, 0.4) is 0 Å². The van der Waals surface area contributed by atoms with Gasteiger partial charge in [0.2, 0.25) is 0 Å². The summed E-state index contributed by atoms with van der Waals surface area (Å²) < 4.78 is 10.7. The number of amides is 1. The Kier molecular flexibility index (Phi) is 2.96. The number of hydrogen-bond donors (Lipinski definition) is 2. The predicted molar refractivity (Wildman–Crippen MR) is 57.7 cm³/mol. The number of ether oxygens (including phenoxy) is 2. The predicted octanol–water partition coefficient (Wildman–Crippen LogP) is 0.908. The average Bonchev–Trinajstić information content (AvgIpc) is 2.28. The van der Waals surface area contributed by atoms with Crippen molar-refractivity contribution in [2.45, 2.75) is 13.5 Å². The molecular weight excluding hydrogens is 210 g/mol. The number of carbonyl (C=O) groups is 1. The number of aliphatic hydroxyl groups is 1. The fourth-order valence-electron chi connectivity index (χ4n) is 1.58. The molecule has 0 spiro atoms. The van der Waals surface area contributed by atoms with Crippen molar-refractivity contribution >= 4 is 11.6 Å². The molecule has 0 saturated carbocycles. The lowest BCUT2D eigenvalue weighted by atomic mass is 10.1. The zero-order valence-electron chi connectivity index (χ0n) is 8.95. The van der Waals surface area contributed by atoms with Crippen LogP contribution < -0.4 is 14.8 Å². The SMILES string of the molecule is CCOc1cc(CO)cc2c1OCC(=O)N2. The third-order valence-electron chi connectivity index (χ3n) is 2.22. The van der Waals surface area contributed by atoms with E-state index in [0.717, 1.165) is 0 Å². The molecule has 2 N–H and O–H groups in total. The minimum Gasteiger partial charge on any atom is -0.490 e. The first kappa shape index (κ1) is 10.8. The molecule has 1 aromatic carbocycles. The molecule has 5 heteroatoms. The van der Waals surface area contributed by atoms with E-state index >= 15 is 0 Å². The summed E-state index contributed by atoms with van der Waals surface area (Å²) in [7, 11) is 0.